The zero-order chi connectivity index (χ0) is 15.4. The molecule has 22 heavy (non-hydrogen) atoms. The molecule has 1 fully saturated rings. The number of aryl methyl sites for hydroxylation is 1. The molecule has 1 aromatic heterocycles. The Balaban J connectivity index is 1.63. The van der Waals surface area contributed by atoms with Crippen LogP contribution in [0.5, 0.6) is 0 Å². The van der Waals surface area contributed by atoms with Crippen molar-refractivity contribution in [1.82, 2.24) is 10.3 Å². The Labute approximate surface area is 128 Å². The van der Waals surface area contributed by atoms with Gasteiger partial charge >= 0.3 is 6.03 Å². The molecule has 1 atom stereocenters. The van der Waals surface area contributed by atoms with Gasteiger partial charge in [0.1, 0.15) is 0 Å². The molecule has 2 N–H and O–H groups in total. The van der Waals surface area contributed by atoms with Crippen molar-refractivity contribution in [2.45, 2.75) is 13.0 Å². The number of hydrogen-bond donors (Lipinski definition) is 2. The van der Waals surface area contributed by atoms with Gasteiger partial charge in [-0.25, -0.2) is 4.79 Å². The number of rotatable bonds is 3. The third kappa shape index (κ3) is 3.52. The van der Waals surface area contributed by atoms with E-state index in [1.165, 1.54) is 0 Å². The number of pyridine rings is 1. The summed E-state index contributed by atoms with van der Waals surface area (Å²) >= 11 is 0. The molecule has 1 aliphatic heterocycles. The number of fused-ring (bicyclic) bond motifs is 1. The molecule has 3 rings (SSSR count). The molecule has 116 valence electrons. The fourth-order valence-corrected chi connectivity index (χ4v) is 2.39. The summed E-state index contributed by atoms with van der Waals surface area (Å²) in [5, 5.41) is 6.58. The molecular weight excluding hydrogens is 282 g/mol. The van der Waals surface area contributed by atoms with Crippen molar-refractivity contribution < 1.29 is 14.3 Å². The predicted molar refractivity (Wildman–Crippen MR) is 84.1 cm³/mol. The number of aromatic nitrogens is 1. The van der Waals surface area contributed by atoms with Crippen LogP contribution in [0.1, 0.15) is 5.69 Å². The molecule has 0 bridgehead atoms. The monoisotopic (exact) mass is 301 g/mol. The van der Waals surface area contributed by atoms with Crippen LogP contribution < -0.4 is 10.6 Å². The summed E-state index contributed by atoms with van der Waals surface area (Å²) in [5.74, 6) is 0. The van der Waals surface area contributed by atoms with E-state index < -0.39 is 0 Å². The number of nitrogens with one attached hydrogen (secondary N) is 2. The maximum atomic E-state index is 12.0. The molecule has 1 saturated heterocycles. The predicted octanol–water partition coefficient (Wildman–Crippen LogP) is 2.08. The summed E-state index contributed by atoms with van der Waals surface area (Å²) in [6.45, 7) is 4.07. The SMILES string of the molecule is Cc1ccc2c(NC(=O)NCC3COCCO3)cccc2n1. The number of benzene rings is 1. The van der Waals surface area contributed by atoms with E-state index in [4.69, 9.17) is 9.47 Å². The van der Waals surface area contributed by atoms with Crippen LogP contribution in [0.25, 0.3) is 10.9 Å². The zero-order valence-corrected chi connectivity index (χ0v) is 12.5. The minimum Gasteiger partial charge on any atom is -0.376 e. The molecule has 1 aliphatic rings. The molecular formula is C16H19N3O3. The highest BCUT2D eigenvalue weighted by Gasteiger charge is 2.15. The number of hydrogen-bond acceptors (Lipinski definition) is 4. The second-order valence-corrected chi connectivity index (χ2v) is 5.23. The van der Waals surface area contributed by atoms with Gasteiger partial charge in [-0.05, 0) is 31.2 Å². The van der Waals surface area contributed by atoms with Crippen LogP contribution in [0.3, 0.4) is 0 Å². The van der Waals surface area contributed by atoms with Crippen molar-refractivity contribution in [3.05, 3.63) is 36.0 Å². The van der Waals surface area contributed by atoms with Crippen molar-refractivity contribution in [2.24, 2.45) is 0 Å². The van der Waals surface area contributed by atoms with Gasteiger partial charge in [-0.15, -0.1) is 0 Å². The maximum absolute atomic E-state index is 12.0. The summed E-state index contributed by atoms with van der Waals surface area (Å²) in [4.78, 5) is 16.5. The van der Waals surface area contributed by atoms with Gasteiger partial charge in [-0.3, -0.25) is 4.98 Å². The van der Waals surface area contributed by atoms with Crippen molar-refractivity contribution >= 4 is 22.6 Å². The first kappa shape index (κ1) is 14.7. The van der Waals surface area contributed by atoms with E-state index in [-0.39, 0.29) is 12.1 Å². The number of nitrogens with zero attached hydrogens (tertiary/aromatic N) is 1. The van der Waals surface area contributed by atoms with Gasteiger partial charge in [0.2, 0.25) is 0 Å². The first-order chi connectivity index (χ1) is 10.7. The van der Waals surface area contributed by atoms with Crippen LogP contribution in [-0.2, 0) is 9.47 Å². The normalized spacial score (nSPS) is 18.1. The Kier molecular flexibility index (Phi) is 4.50. The number of ether oxygens (including phenoxy) is 2. The van der Waals surface area contributed by atoms with Gasteiger partial charge in [0.15, 0.2) is 0 Å². The van der Waals surface area contributed by atoms with E-state index in [1.807, 2.05) is 37.3 Å². The molecule has 2 heterocycles. The summed E-state index contributed by atoms with van der Waals surface area (Å²) < 4.78 is 10.8. The van der Waals surface area contributed by atoms with Crippen LogP contribution in [0.4, 0.5) is 10.5 Å². The Morgan fingerprint density at radius 2 is 2.23 bits per heavy atom. The van der Waals surface area contributed by atoms with Gasteiger partial charge in [0.25, 0.3) is 0 Å². The lowest BCUT2D eigenvalue weighted by atomic mass is 10.1. The average Bonchev–Trinajstić information content (AvgIpc) is 2.54. The van der Waals surface area contributed by atoms with Crippen LogP contribution in [0.15, 0.2) is 30.3 Å². The number of carbonyl (C=O) groups excluding carboxylic acids is 1. The maximum Gasteiger partial charge on any atom is 0.319 e. The second-order valence-electron chi connectivity index (χ2n) is 5.23. The largest absolute Gasteiger partial charge is 0.376 e. The molecule has 0 spiro atoms. The summed E-state index contributed by atoms with van der Waals surface area (Å²) in [6, 6.07) is 9.30. The standard InChI is InChI=1S/C16H19N3O3/c1-11-5-6-13-14(18-11)3-2-4-15(13)19-16(20)17-9-12-10-21-7-8-22-12/h2-6,12H,7-10H2,1H3,(H2,17,19,20). The van der Waals surface area contributed by atoms with Crippen molar-refractivity contribution in [3.8, 4) is 0 Å². The first-order valence-electron chi connectivity index (χ1n) is 7.33. The summed E-state index contributed by atoms with van der Waals surface area (Å²) in [5.41, 5.74) is 2.55. The highest BCUT2D eigenvalue weighted by Crippen LogP contribution is 2.22. The van der Waals surface area contributed by atoms with Gasteiger partial charge in [-0.2, -0.15) is 0 Å². The fourth-order valence-electron chi connectivity index (χ4n) is 2.39. The number of amides is 2. The topological polar surface area (TPSA) is 72.5 Å². The van der Waals surface area contributed by atoms with E-state index in [9.17, 15) is 4.79 Å². The Morgan fingerprint density at radius 3 is 3.05 bits per heavy atom. The number of urea groups is 1. The van der Waals surface area contributed by atoms with E-state index in [2.05, 4.69) is 15.6 Å². The van der Waals surface area contributed by atoms with E-state index in [0.29, 0.717) is 26.4 Å². The lowest BCUT2D eigenvalue weighted by Gasteiger charge is -2.23. The van der Waals surface area contributed by atoms with Crippen molar-refractivity contribution in [2.75, 3.05) is 31.7 Å². The molecule has 0 aliphatic carbocycles. The van der Waals surface area contributed by atoms with Crippen LogP contribution in [-0.4, -0.2) is 43.5 Å². The summed E-state index contributed by atoms with van der Waals surface area (Å²) in [7, 11) is 0. The Bertz CT molecular complexity index is 669. The lowest BCUT2D eigenvalue weighted by molar-refractivity contribution is -0.0852. The molecule has 6 nitrogen and oxygen atoms in total. The number of anilines is 1. The van der Waals surface area contributed by atoms with Gasteiger partial charge in [0.05, 0.1) is 37.1 Å². The highest BCUT2D eigenvalue weighted by atomic mass is 16.6. The van der Waals surface area contributed by atoms with Crippen LogP contribution in [0, 0.1) is 6.92 Å². The molecule has 1 aromatic carbocycles. The third-order valence-electron chi connectivity index (χ3n) is 3.49. The van der Waals surface area contributed by atoms with Crippen LogP contribution in [0.2, 0.25) is 0 Å². The molecule has 0 saturated carbocycles. The quantitative estimate of drug-likeness (QED) is 0.910. The zero-order valence-electron chi connectivity index (χ0n) is 12.5. The van der Waals surface area contributed by atoms with E-state index >= 15 is 0 Å². The smallest absolute Gasteiger partial charge is 0.319 e. The summed E-state index contributed by atoms with van der Waals surface area (Å²) in [6.07, 6.45) is -0.0867. The lowest BCUT2D eigenvalue weighted by Crippen LogP contribution is -2.41. The molecule has 6 heteroatoms. The fraction of sp³-hybridized carbons (Fsp3) is 0.375. The minimum atomic E-state index is -0.262. The number of carbonyl (C=O) groups is 1. The van der Waals surface area contributed by atoms with Gasteiger partial charge in [-0.1, -0.05) is 6.07 Å². The second kappa shape index (κ2) is 6.72. The third-order valence-corrected chi connectivity index (χ3v) is 3.49. The Hall–Kier alpha value is -2.18. The van der Waals surface area contributed by atoms with Crippen molar-refractivity contribution in [3.63, 3.8) is 0 Å². The average molecular weight is 301 g/mol. The highest BCUT2D eigenvalue weighted by molar-refractivity contribution is 6.00. The van der Waals surface area contributed by atoms with Crippen LogP contribution >= 0.6 is 0 Å². The molecule has 1 unspecified atom stereocenters. The van der Waals surface area contributed by atoms with Crippen molar-refractivity contribution in [1.29, 1.82) is 0 Å². The van der Waals surface area contributed by atoms with E-state index in [0.717, 1.165) is 22.3 Å². The molecule has 2 amide bonds. The minimum absolute atomic E-state index is 0.0867. The molecule has 2 aromatic rings. The Morgan fingerprint density at radius 1 is 1.32 bits per heavy atom. The van der Waals surface area contributed by atoms with Gasteiger partial charge in [0, 0.05) is 17.6 Å². The molecule has 0 radical (unpaired) electrons. The first-order valence-corrected chi connectivity index (χ1v) is 7.33. The van der Waals surface area contributed by atoms with E-state index in [1.54, 1.807) is 0 Å². The van der Waals surface area contributed by atoms with Gasteiger partial charge < -0.3 is 20.1 Å².